The van der Waals surface area contributed by atoms with E-state index in [0.29, 0.717) is 17.1 Å². The van der Waals surface area contributed by atoms with Crippen molar-refractivity contribution in [2.24, 2.45) is 0 Å². The van der Waals surface area contributed by atoms with Crippen molar-refractivity contribution >= 4 is 15.7 Å². The Morgan fingerprint density at radius 3 is 1.77 bits per heavy atom. The molecule has 5 aromatic rings. The Morgan fingerprint density at radius 2 is 1.15 bits per heavy atom. The van der Waals surface area contributed by atoms with Crippen LogP contribution in [0.5, 0.6) is 17.2 Å². The minimum Gasteiger partial charge on any atom is -0.508 e. The molecule has 0 aliphatic carbocycles. The maximum atomic E-state index is 13.3. The van der Waals surface area contributed by atoms with Crippen molar-refractivity contribution in [2.45, 2.75) is 15.3 Å². The van der Waals surface area contributed by atoms with Crippen LogP contribution in [0.2, 0.25) is 0 Å². The maximum absolute atomic E-state index is 13.3. The molecular weight excluding hydrogens is 522 g/mol. The molecule has 40 heavy (non-hydrogen) atoms. The average Bonchev–Trinajstić information content (AvgIpc) is 3.21. The van der Waals surface area contributed by atoms with E-state index in [-0.39, 0.29) is 21.4 Å². The van der Waals surface area contributed by atoms with Gasteiger partial charge in [0.05, 0.1) is 9.79 Å². The molecule has 1 aliphatic heterocycles. The number of carbonyl (C=O) groups excluding carboxylic acids is 1. The van der Waals surface area contributed by atoms with Gasteiger partial charge in [0.1, 0.15) is 22.8 Å². The van der Waals surface area contributed by atoms with Crippen LogP contribution < -0.4 is 4.74 Å². The van der Waals surface area contributed by atoms with Gasteiger partial charge in [0.2, 0.25) is 9.84 Å². The summed E-state index contributed by atoms with van der Waals surface area (Å²) < 4.78 is 31.8. The lowest BCUT2D eigenvalue weighted by Crippen LogP contribution is -2.43. The highest BCUT2D eigenvalue weighted by molar-refractivity contribution is 7.91. The van der Waals surface area contributed by atoms with Gasteiger partial charge in [-0.1, -0.05) is 60.7 Å². The summed E-state index contributed by atoms with van der Waals surface area (Å²) in [6.45, 7) is 0. The number of sulfone groups is 1. The number of phenols is 1. The monoisotopic (exact) mass is 547 g/mol. The van der Waals surface area contributed by atoms with Gasteiger partial charge in [-0.2, -0.15) is 0 Å². The lowest BCUT2D eigenvalue weighted by atomic mass is 9.77. The number of fused-ring (bicyclic) bond motifs is 1. The summed E-state index contributed by atoms with van der Waals surface area (Å²) in [5.74, 6) is 1.11. The van der Waals surface area contributed by atoms with Crippen molar-refractivity contribution in [3.8, 4) is 17.2 Å². The number of carbonyl (C=O) groups is 1. The van der Waals surface area contributed by atoms with Gasteiger partial charge in [-0.25, -0.2) is 8.42 Å². The summed E-state index contributed by atoms with van der Waals surface area (Å²) >= 11 is 0. The molecule has 0 fully saturated rings. The summed E-state index contributed by atoms with van der Waals surface area (Å²) in [5, 5.41) is 9.93. The van der Waals surface area contributed by atoms with Crippen LogP contribution in [0.25, 0.3) is 0 Å². The number of benzene rings is 5. The lowest BCUT2D eigenvalue weighted by Gasteiger charge is -2.38. The fourth-order valence-electron chi connectivity index (χ4n) is 5.39. The number of phenolic OH excluding ortho intramolecular Hbond substituents is 1. The van der Waals surface area contributed by atoms with E-state index in [4.69, 9.17) is 4.74 Å². The highest BCUT2D eigenvalue weighted by Gasteiger charge is 2.50. The minimum absolute atomic E-state index is 0.0884. The fourth-order valence-corrected chi connectivity index (χ4v) is 6.67. The predicted molar refractivity (Wildman–Crippen MR) is 151 cm³/mol. The highest BCUT2D eigenvalue weighted by Crippen LogP contribution is 2.48. The Hall–Kier alpha value is -4.88. The Balaban J connectivity index is 1.33. The van der Waals surface area contributed by atoms with E-state index in [1.54, 1.807) is 66.5 Å². The smallest absolute Gasteiger partial charge is 0.255 e. The molecule has 0 radical (unpaired) electrons. The molecule has 7 heteroatoms. The molecule has 6 rings (SSSR count). The van der Waals surface area contributed by atoms with Crippen molar-refractivity contribution in [1.29, 1.82) is 0 Å². The summed E-state index contributed by atoms with van der Waals surface area (Å²) in [5.41, 5.74) is 2.29. The van der Waals surface area contributed by atoms with Crippen LogP contribution in [0, 0.1) is 0 Å². The molecule has 0 saturated heterocycles. The molecule has 1 atom stereocenters. The minimum atomic E-state index is -3.62. The van der Waals surface area contributed by atoms with Crippen LogP contribution in [0.15, 0.2) is 137 Å². The van der Waals surface area contributed by atoms with Gasteiger partial charge in [0.15, 0.2) is 0 Å². The molecule has 0 bridgehead atoms. The molecule has 6 nitrogen and oxygen atoms in total. The van der Waals surface area contributed by atoms with Gasteiger partial charge in [0.25, 0.3) is 5.91 Å². The van der Waals surface area contributed by atoms with E-state index in [1.165, 1.54) is 12.1 Å². The van der Waals surface area contributed by atoms with E-state index in [1.807, 2.05) is 60.7 Å². The zero-order chi connectivity index (χ0) is 27.9. The molecule has 1 N–H and O–H groups in total. The number of ether oxygens (including phenoxy) is 1. The molecule has 1 aliphatic rings. The van der Waals surface area contributed by atoms with Crippen molar-refractivity contribution in [2.75, 3.05) is 7.05 Å². The molecule has 0 spiro atoms. The number of rotatable bonds is 6. The molecular formula is C33H25NO5S. The Bertz CT molecular complexity index is 1800. The van der Waals surface area contributed by atoms with Gasteiger partial charge >= 0.3 is 0 Å². The number of hydrogen-bond acceptors (Lipinski definition) is 5. The quantitative estimate of drug-likeness (QED) is 0.266. The van der Waals surface area contributed by atoms with E-state index in [0.717, 1.165) is 16.7 Å². The Morgan fingerprint density at radius 1 is 0.650 bits per heavy atom. The number of hydrogen-bond donors (Lipinski definition) is 1. The molecule has 1 heterocycles. The van der Waals surface area contributed by atoms with Crippen LogP contribution in [-0.2, 0) is 15.4 Å². The van der Waals surface area contributed by atoms with Crippen LogP contribution in [0.4, 0.5) is 0 Å². The van der Waals surface area contributed by atoms with Crippen LogP contribution in [-0.4, -0.2) is 31.4 Å². The molecule has 0 aromatic heterocycles. The summed E-state index contributed by atoms with van der Waals surface area (Å²) in [4.78, 5) is 15.5. The first-order chi connectivity index (χ1) is 19.3. The average molecular weight is 548 g/mol. The topological polar surface area (TPSA) is 83.9 Å². The van der Waals surface area contributed by atoms with Gasteiger partial charge in [0, 0.05) is 12.6 Å². The van der Waals surface area contributed by atoms with Gasteiger partial charge < -0.3 is 14.7 Å². The van der Waals surface area contributed by atoms with E-state index in [9.17, 15) is 18.3 Å². The van der Waals surface area contributed by atoms with Gasteiger partial charge in [-0.15, -0.1) is 0 Å². The standard InChI is InChI=1S/C33H25NO5S/c1-34-32(36)30-9-5-6-10-31(30)33(34,23-11-15-25(35)16-12-23)24-13-17-26(18-14-24)39-27-19-21-29(22-20-27)40(37,38)28-7-3-2-4-8-28/h2-22,35H,1H3. The predicted octanol–water partition coefficient (Wildman–Crippen LogP) is 6.39. The molecule has 0 saturated carbocycles. The molecule has 1 unspecified atom stereocenters. The van der Waals surface area contributed by atoms with E-state index >= 15 is 0 Å². The molecule has 198 valence electrons. The zero-order valence-corrected chi connectivity index (χ0v) is 22.4. The lowest BCUT2D eigenvalue weighted by molar-refractivity contribution is 0.0736. The third-order valence-electron chi connectivity index (χ3n) is 7.34. The van der Waals surface area contributed by atoms with Crippen molar-refractivity contribution in [1.82, 2.24) is 4.90 Å². The van der Waals surface area contributed by atoms with E-state index in [2.05, 4.69) is 0 Å². The second-order valence-corrected chi connectivity index (χ2v) is 11.5. The molecule has 5 aromatic carbocycles. The molecule has 1 amide bonds. The first-order valence-electron chi connectivity index (χ1n) is 12.7. The summed E-state index contributed by atoms with van der Waals surface area (Å²) in [6, 6.07) is 36.6. The first kappa shape index (κ1) is 25.4. The fraction of sp³-hybridized carbons (Fsp3) is 0.0606. The Kier molecular flexibility index (Phi) is 6.16. The SMILES string of the molecule is CN1C(=O)c2ccccc2C1(c1ccc(O)cc1)c1ccc(Oc2ccc(S(=O)(=O)c3ccccc3)cc2)cc1. The third kappa shape index (κ3) is 4.03. The third-order valence-corrected chi connectivity index (χ3v) is 9.12. The van der Waals surface area contributed by atoms with Gasteiger partial charge in [-0.05, 0) is 83.4 Å². The largest absolute Gasteiger partial charge is 0.508 e. The second kappa shape index (κ2) is 9.70. The van der Waals surface area contributed by atoms with Crippen molar-refractivity contribution < 1.29 is 23.1 Å². The maximum Gasteiger partial charge on any atom is 0.255 e. The summed E-state index contributed by atoms with van der Waals surface area (Å²) in [7, 11) is -1.83. The van der Waals surface area contributed by atoms with E-state index < -0.39 is 15.4 Å². The second-order valence-electron chi connectivity index (χ2n) is 9.58. The van der Waals surface area contributed by atoms with Crippen molar-refractivity contribution in [3.63, 3.8) is 0 Å². The van der Waals surface area contributed by atoms with Crippen molar-refractivity contribution in [3.05, 3.63) is 150 Å². The Labute approximate surface area is 232 Å². The van der Waals surface area contributed by atoms with Crippen LogP contribution >= 0.6 is 0 Å². The normalized spacial score (nSPS) is 16.5. The van der Waals surface area contributed by atoms with Crippen LogP contribution in [0.1, 0.15) is 27.0 Å². The zero-order valence-electron chi connectivity index (χ0n) is 21.6. The van der Waals surface area contributed by atoms with Crippen LogP contribution in [0.3, 0.4) is 0 Å². The number of aromatic hydroxyl groups is 1. The highest BCUT2D eigenvalue weighted by atomic mass is 32.2. The summed E-state index contributed by atoms with van der Waals surface area (Å²) in [6.07, 6.45) is 0. The first-order valence-corrected chi connectivity index (χ1v) is 14.2. The number of nitrogens with zero attached hydrogens (tertiary/aromatic N) is 1. The number of amides is 1. The van der Waals surface area contributed by atoms with Gasteiger partial charge in [-0.3, -0.25) is 4.79 Å².